The summed E-state index contributed by atoms with van der Waals surface area (Å²) < 4.78 is 0. The van der Waals surface area contributed by atoms with Crippen molar-refractivity contribution in [2.45, 2.75) is 36.6 Å². The summed E-state index contributed by atoms with van der Waals surface area (Å²) >= 11 is 0. The summed E-state index contributed by atoms with van der Waals surface area (Å²) in [6.45, 7) is -1.33. The molecule has 0 aromatic carbocycles. The number of carbonyl (C=O) groups is 1. The van der Waals surface area contributed by atoms with E-state index in [1.165, 1.54) is 0 Å². The summed E-state index contributed by atoms with van der Waals surface area (Å²) in [7, 11) is 0. The monoisotopic (exact) mass is 269 g/mol. The Labute approximate surface area is 103 Å². The predicted octanol–water partition coefficient (Wildman–Crippen LogP) is -5.33. The number of ketones is 1. The lowest BCUT2D eigenvalue weighted by Gasteiger charge is -2.26. The summed E-state index contributed by atoms with van der Waals surface area (Å²) in [4.78, 5) is 11.4. The molecule has 0 aliphatic rings. The number of hydrogen-bond acceptors (Lipinski definition) is 9. The molecule has 0 radical (unpaired) electrons. The Morgan fingerprint density at radius 3 is 1.61 bits per heavy atom. The molecule has 18 heavy (non-hydrogen) atoms. The van der Waals surface area contributed by atoms with Crippen molar-refractivity contribution in [3.05, 3.63) is 0 Å². The van der Waals surface area contributed by atoms with E-state index in [4.69, 9.17) is 21.1 Å². The maximum Gasteiger partial charge on any atom is 0.195 e. The Balaban J connectivity index is 4.63. The van der Waals surface area contributed by atoms with E-state index in [2.05, 4.69) is 0 Å². The third-order valence-electron chi connectivity index (χ3n) is 2.45. The van der Waals surface area contributed by atoms with Crippen LogP contribution in [0.2, 0.25) is 0 Å². The van der Waals surface area contributed by atoms with Crippen LogP contribution in [0.15, 0.2) is 0 Å². The summed E-state index contributed by atoms with van der Waals surface area (Å²) in [5, 5.41) is 63.7. The normalized spacial score (nSPS) is 21.8. The minimum absolute atomic E-state index is 0.427. The SMILES string of the molecule is NC[C@@H](O)[C@H](O)[C@@H](O)C(=O)[C@H](O)[C@@H](O)C(O)CO. The van der Waals surface area contributed by atoms with Crippen LogP contribution in [0, 0.1) is 0 Å². The number of rotatable bonds is 8. The van der Waals surface area contributed by atoms with Crippen molar-refractivity contribution in [2.24, 2.45) is 5.73 Å². The highest BCUT2D eigenvalue weighted by molar-refractivity contribution is 5.88. The summed E-state index contributed by atoms with van der Waals surface area (Å²) in [6, 6.07) is 0. The van der Waals surface area contributed by atoms with Crippen LogP contribution in [0.1, 0.15) is 0 Å². The van der Waals surface area contributed by atoms with E-state index in [0.29, 0.717) is 0 Å². The van der Waals surface area contributed by atoms with Gasteiger partial charge in [0.2, 0.25) is 0 Å². The van der Waals surface area contributed by atoms with Crippen molar-refractivity contribution >= 4 is 5.78 Å². The maximum absolute atomic E-state index is 11.4. The van der Waals surface area contributed by atoms with Crippen molar-refractivity contribution < 1.29 is 40.5 Å². The zero-order valence-corrected chi connectivity index (χ0v) is 9.49. The van der Waals surface area contributed by atoms with Crippen molar-refractivity contribution in [3.63, 3.8) is 0 Å². The molecule has 9 N–H and O–H groups in total. The van der Waals surface area contributed by atoms with E-state index in [9.17, 15) is 25.2 Å². The number of aliphatic hydroxyl groups is 7. The van der Waals surface area contributed by atoms with Gasteiger partial charge in [-0.1, -0.05) is 0 Å². The van der Waals surface area contributed by atoms with Gasteiger partial charge in [-0.3, -0.25) is 4.79 Å². The topological polar surface area (TPSA) is 185 Å². The minimum atomic E-state index is -2.22. The van der Waals surface area contributed by atoms with Crippen LogP contribution in [0.25, 0.3) is 0 Å². The molecule has 9 heteroatoms. The average molecular weight is 269 g/mol. The molecule has 1 unspecified atom stereocenters. The fourth-order valence-electron chi connectivity index (χ4n) is 1.18. The molecule has 0 rings (SSSR count). The maximum atomic E-state index is 11.4. The van der Waals surface area contributed by atoms with E-state index in [-0.39, 0.29) is 0 Å². The molecule has 0 aromatic heterocycles. The van der Waals surface area contributed by atoms with Crippen LogP contribution in [0.5, 0.6) is 0 Å². The molecular weight excluding hydrogens is 250 g/mol. The lowest BCUT2D eigenvalue weighted by atomic mass is 9.96. The fraction of sp³-hybridized carbons (Fsp3) is 0.889. The molecule has 0 bridgehead atoms. The first-order chi connectivity index (χ1) is 8.27. The highest BCUT2D eigenvalue weighted by Gasteiger charge is 2.38. The van der Waals surface area contributed by atoms with Crippen molar-refractivity contribution in [2.75, 3.05) is 13.2 Å². The molecule has 108 valence electrons. The molecule has 0 saturated carbocycles. The van der Waals surface area contributed by atoms with Gasteiger partial charge in [-0.2, -0.15) is 0 Å². The molecule has 0 fully saturated rings. The number of nitrogens with two attached hydrogens (primary N) is 1. The van der Waals surface area contributed by atoms with Crippen molar-refractivity contribution in [1.29, 1.82) is 0 Å². The number of Topliss-reactive ketones (excluding diaryl/α,β-unsaturated/α-hetero) is 1. The predicted molar refractivity (Wildman–Crippen MR) is 57.2 cm³/mol. The molecule has 0 aliphatic carbocycles. The first-order valence-electron chi connectivity index (χ1n) is 5.20. The van der Waals surface area contributed by atoms with Crippen LogP contribution in [0.4, 0.5) is 0 Å². The van der Waals surface area contributed by atoms with Gasteiger partial charge in [0.05, 0.1) is 12.7 Å². The molecule has 0 aliphatic heterocycles. The summed E-state index contributed by atoms with van der Waals surface area (Å²) in [5.41, 5.74) is 5.00. The van der Waals surface area contributed by atoms with E-state index in [1.54, 1.807) is 0 Å². The second-order valence-electron chi connectivity index (χ2n) is 3.83. The highest BCUT2D eigenvalue weighted by atomic mass is 16.4. The molecule has 0 aromatic rings. The van der Waals surface area contributed by atoms with Crippen LogP contribution in [-0.2, 0) is 4.79 Å². The van der Waals surface area contributed by atoms with Gasteiger partial charge < -0.3 is 41.5 Å². The summed E-state index contributed by atoms with van der Waals surface area (Å²) in [6.07, 6.45) is -11.7. The van der Waals surface area contributed by atoms with Gasteiger partial charge in [0, 0.05) is 6.54 Å². The molecule has 0 spiro atoms. The Morgan fingerprint density at radius 2 is 1.28 bits per heavy atom. The quantitative estimate of drug-likeness (QED) is 0.213. The first-order valence-corrected chi connectivity index (χ1v) is 5.20. The molecule has 0 saturated heterocycles. The Kier molecular flexibility index (Phi) is 7.43. The summed E-state index contributed by atoms with van der Waals surface area (Å²) in [5.74, 6) is -1.41. The van der Waals surface area contributed by atoms with Gasteiger partial charge in [0.1, 0.15) is 30.5 Å². The molecule has 0 heterocycles. The standard InChI is InChI=1S/C9H19NO8/c10-1-3(12)5(14)7(16)9(18)8(17)6(15)4(13)2-11/h3-8,11-17H,1-2,10H2/t3-,4?,5+,6+,7-,8-/m1/s1. The largest absolute Gasteiger partial charge is 0.394 e. The van der Waals surface area contributed by atoms with Crippen LogP contribution < -0.4 is 5.73 Å². The average Bonchev–Trinajstić information content (AvgIpc) is 2.40. The number of hydrogen-bond donors (Lipinski definition) is 8. The zero-order valence-electron chi connectivity index (χ0n) is 9.49. The minimum Gasteiger partial charge on any atom is -0.394 e. The third kappa shape index (κ3) is 4.23. The fourth-order valence-corrected chi connectivity index (χ4v) is 1.18. The van der Waals surface area contributed by atoms with E-state index in [1.807, 2.05) is 0 Å². The number of aliphatic hydroxyl groups excluding tert-OH is 7. The third-order valence-corrected chi connectivity index (χ3v) is 2.45. The van der Waals surface area contributed by atoms with Gasteiger partial charge in [-0.05, 0) is 0 Å². The molecular formula is C9H19NO8. The molecule has 0 amide bonds. The second kappa shape index (κ2) is 7.71. The smallest absolute Gasteiger partial charge is 0.195 e. The first kappa shape index (κ1) is 17.4. The lowest BCUT2D eigenvalue weighted by Crippen LogP contribution is -2.53. The highest BCUT2D eigenvalue weighted by Crippen LogP contribution is 2.08. The van der Waals surface area contributed by atoms with Crippen molar-refractivity contribution in [3.8, 4) is 0 Å². The van der Waals surface area contributed by atoms with E-state index in [0.717, 1.165) is 0 Å². The Bertz CT molecular complexity index is 239. The second-order valence-corrected chi connectivity index (χ2v) is 3.83. The molecule has 9 nitrogen and oxygen atoms in total. The van der Waals surface area contributed by atoms with E-state index < -0.39 is 55.6 Å². The van der Waals surface area contributed by atoms with Gasteiger partial charge in [-0.25, -0.2) is 0 Å². The number of carbonyl (C=O) groups excluding carboxylic acids is 1. The molecule has 6 atom stereocenters. The van der Waals surface area contributed by atoms with Crippen LogP contribution in [-0.4, -0.2) is 91.3 Å². The van der Waals surface area contributed by atoms with Gasteiger partial charge in [0.25, 0.3) is 0 Å². The lowest BCUT2D eigenvalue weighted by molar-refractivity contribution is -0.157. The van der Waals surface area contributed by atoms with Crippen molar-refractivity contribution in [1.82, 2.24) is 0 Å². The Hall–Kier alpha value is -0.650. The van der Waals surface area contributed by atoms with Gasteiger partial charge in [0.15, 0.2) is 5.78 Å². The van der Waals surface area contributed by atoms with Crippen LogP contribution >= 0.6 is 0 Å². The van der Waals surface area contributed by atoms with Crippen LogP contribution in [0.3, 0.4) is 0 Å². The van der Waals surface area contributed by atoms with Gasteiger partial charge >= 0.3 is 0 Å². The van der Waals surface area contributed by atoms with E-state index >= 15 is 0 Å². The Morgan fingerprint density at radius 1 is 0.889 bits per heavy atom. The zero-order chi connectivity index (χ0) is 14.5. The van der Waals surface area contributed by atoms with Gasteiger partial charge in [-0.15, -0.1) is 0 Å².